The van der Waals surface area contributed by atoms with Gasteiger partial charge in [-0.3, -0.25) is 0 Å². The molecule has 1 heterocycles. The van der Waals surface area contributed by atoms with Crippen LogP contribution in [0.2, 0.25) is 0 Å². The standard InChI is InChI=1S/C4H6N2S/c1-3-5-6-4(2)7-3/h1-2H3. The molecule has 0 unspecified atom stereocenters. The first-order valence-electron chi connectivity index (χ1n) is 2.06. The number of aryl methyl sites for hydroxylation is 2. The van der Waals surface area contributed by atoms with Crippen molar-refractivity contribution in [3.05, 3.63) is 10.0 Å². The summed E-state index contributed by atoms with van der Waals surface area (Å²) in [7, 11) is 0. The van der Waals surface area contributed by atoms with E-state index >= 15 is 0 Å². The molecule has 3 heteroatoms. The summed E-state index contributed by atoms with van der Waals surface area (Å²) < 4.78 is 0. The molecule has 0 radical (unpaired) electrons. The first-order valence-corrected chi connectivity index (χ1v) is 2.87. The van der Waals surface area contributed by atoms with Crippen molar-refractivity contribution in [1.29, 1.82) is 0 Å². The third-order valence-corrected chi connectivity index (χ3v) is 1.38. The van der Waals surface area contributed by atoms with Gasteiger partial charge in [-0.25, -0.2) is 0 Å². The Balaban J connectivity index is 3.04. The van der Waals surface area contributed by atoms with Crippen molar-refractivity contribution in [2.24, 2.45) is 0 Å². The Bertz CT molecular complexity index is 142. The molecule has 0 aromatic carbocycles. The molecule has 2 nitrogen and oxygen atoms in total. The van der Waals surface area contributed by atoms with Crippen molar-refractivity contribution < 1.29 is 0 Å². The number of rotatable bonds is 0. The summed E-state index contributed by atoms with van der Waals surface area (Å²) in [5, 5.41) is 9.65. The van der Waals surface area contributed by atoms with Crippen LogP contribution in [0.25, 0.3) is 0 Å². The average Bonchev–Trinajstić information content (AvgIpc) is 1.87. The minimum absolute atomic E-state index is 1.04. The quantitative estimate of drug-likeness (QED) is 0.505. The van der Waals surface area contributed by atoms with E-state index in [4.69, 9.17) is 0 Å². The third kappa shape index (κ3) is 0.962. The second-order valence-corrected chi connectivity index (χ2v) is 2.73. The van der Waals surface area contributed by atoms with Crippen LogP contribution in [0, 0.1) is 13.8 Å². The minimum Gasteiger partial charge on any atom is -0.144 e. The molecule has 38 valence electrons. The summed E-state index contributed by atoms with van der Waals surface area (Å²) in [4.78, 5) is 0. The summed E-state index contributed by atoms with van der Waals surface area (Å²) >= 11 is 1.62. The normalized spacial score (nSPS) is 9.43. The van der Waals surface area contributed by atoms with Crippen LogP contribution in [0.15, 0.2) is 0 Å². The lowest BCUT2D eigenvalue weighted by molar-refractivity contribution is 1.02. The van der Waals surface area contributed by atoms with Crippen molar-refractivity contribution in [3.63, 3.8) is 0 Å². The van der Waals surface area contributed by atoms with Crippen molar-refractivity contribution in [2.75, 3.05) is 0 Å². The van der Waals surface area contributed by atoms with E-state index in [0.717, 1.165) is 10.0 Å². The lowest BCUT2D eigenvalue weighted by atomic mass is 10.9. The van der Waals surface area contributed by atoms with Gasteiger partial charge in [0.15, 0.2) is 0 Å². The molecule has 0 aliphatic heterocycles. The van der Waals surface area contributed by atoms with E-state index in [9.17, 15) is 0 Å². The highest BCUT2D eigenvalue weighted by Crippen LogP contribution is 2.03. The summed E-state index contributed by atoms with van der Waals surface area (Å²) in [5.74, 6) is 0. The van der Waals surface area contributed by atoms with Crippen molar-refractivity contribution in [2.45, 2.75) is 13.8 Å². The molecule has 1 aromatic rings. The Morgan fingerprint density at radius 3 is 1.71 bits per heavy atom. The highest BCUT2D eigenvalue weighted by Gasteiger charge is 1.88. The fourth-order valence-electron chi connectivity index (χ4n) is 0.395. The summed E-state index contributed by atoms with van der Waals surface area (Å²) in [6, 6.07) is 0. The fraction of sp³-hybridized carbons (Fsp3) is 0.500. The minimum atomic E-state index is 1.04. The van der Waals surface area contributed by atoms with Gasteiger partial charge in [-0.1, -0.05) is 0 Å². The van der Waals surface area contributed by atoms with Gasteiger partial charge in [-0.05, 0) is 13.8 Å². The molecular formula is C4H6N2S. The summed E-state index contributed by atoms with van der Waals surface area (Å²) in [6.45, 7) is 3.90. The Labute approximate surface area is 46.2 Å². The molecule has 0 bridgehead atoms. The predicted molar refractivity (Wildman–Crippen MR) is 29.4 cm³/mol. The van der Waals surface area contributed by atoms with Crippen molar-refractivity contribution in [1.82, 2.24) is 10.2 Å². The zero-order valence-corrected chi connectivity index (χ0v) is 5.12. The Kier molecular flexibility index (Phi) is 1.06. The van der Waals surface area contributed by atoms with E-state index in [1.165, 1.54) is 0 Å². The lowest BCUT2D eigenvalue weighted by Crippen LogP contribution is -1.68. The van der Waals surface area contributed by atoms with Crippen LogP contribution in [0.3, 0.4) is 0 Å². The van der Waals surface area contributed by atoms with E-state index in [-0.39, 0.29) is 0 Å². The molecule has 0 saturated heterocycles. The fourth-order valence-corrected chi connectivity index (χ4v) is 0.986. The average molecular weight is 114 g/mol. The van der Waals surface area contributed by atoms with Crippen LogP contribution in [0.1, 0.15) is 10.0 Å². The Morgan fingerprint density at radius 2 is 1.57 bits per heavy atom. The molecule has 0 amide bonds. The van der Waals surface area contributed by atoms with Crippen LogP contribution < -0.4 is 0 Å². The zero-order chi connectivity index (χ0) is 5.28. The molecule has 7 heavy (non-hydrogen) atoms. The maximum atomic E-state index is 3.78. The van der Waals surface area contributed by atoms with Crippen LogP contribution >= 0.6 is 11.3 Å². The lowest BCUT2D eigenvalue weighted by Gasteiger charge is -1.65. The number of hydrogen-bond donors (Lipinski definition) is 0. The summed E-state index contributed by atoms with van der Waals surface area (Å²) in [6.07, 6.45) is 0. The molecule has 0 spiro atoms. The Morgan fingerprint density at radius 1 is 1.14 bits per heavy atom. The molecule has 0 aliphatic rings. The second kappa shape index (κ2) is 1.58. The van der Waals surface area contributed by atoms with Gasteiger partial charge in [0.2, 0.25) is 0 Å². The topological polar surface area (TPSA) is 25.8 Å². The summed E-state index contributed by atoms with van der Waals surface area (Å²) in [5.41, 5.74) is 0. The van der Waals surface area contributed by atoms with Crippen LogP contribution in [-0.4, -0.2) is 10.2 Å². The molecule has 0 fully saturated rings. The van der Waals surface area contributed by atoms with Crippen molar-refractivity contribution >= 4 is 11.3 Å². The van der Waals surface area contributed by atoms with Gasteiger partial charge in [0.1, 0.15) is 10.0 Å². The molecule has 0 atom stereocenters. The van der Waals surface area contributed by atoms with Gasteiger partial charge >= 0.3 is 0 Å². The molecule has 0 aliphatic carbocycles. The maximum absolute atomic E-state index is 3.78. The highest BCUT2D eigenvalue weighted by atomic mass is 32.1. The number of hydrogen-bond acceptors (Lipinski definition) is 3. The van der Waals surface area contributed by atoms with Gasteiger partial charge in [0.25, 0.3) is 0 Å². The van der Waals surface area contributed by atoms with Gasteiger partial charge < -0.3 is 0 Å². The molecule has 1 rings (SSSR count). The van der Waals surface area contributed by atoms with Crippen LogP contribution in [0.5, 0.6) is 0 Å². The second-order valence-electron chi connectivity index (χ2n) is 1.34. The highest BCUT2D eigenvalue weighted by molar-refractivity contribution is 7.11. The molecule has 1 aromatic heterocycles. The third-order valence-electron chi connectivity index (χ3n) is 0.627. The number of aromatic nitrogens is 2. The van der Waals surface area contributed by atoms with Gasteiger partial charge in [0, 0.05) is 0 Å². The van der Waals surface area contributed by atoms with E-state index in [2.05, 4.69) is 10.2 Å². The Hall–Kier alpha value is -0.440. The predicted octanol–water partition coefficient (Wildman–Crippen LogP) is 1.15. The number of nitrogens with zero attached hydrogens (tertiary/aromatic N) is 2. The first-order chi connectivity index (χ1) is 3.29. The largest absolute Gasteiger partial charge is 0.144 e. The first kappa shape index (κ1) is 4.71. The van der Waals surface area contributed by atoms with Gasteiger partial charge in [-0.2, -0.15) is 0 Å². The SMILES string of the molecule is Cc1nnc(C)s1. The molecular weight excluding hydrogens is 108 g/mol. The maximum Gasteiger partial charge on any atom is 0.114 e. The van der Waals surface area contributed by atoms with E-state index in [1.807, 2.05) is 13.8 Å². The van der Waals surface area contributed by atoms with Gasteiger partial charge in [0.05, 0.1) is 0 Å². The van der Waals surface area contributed by atoms with E-state index < -0.39 is 0 Å². The van der Waals surface area contributed by atoms with Gasteiger partial charge in [-0.15, -0.1) is 21.5 Å². The zero-order valence-electron chi connectivity index (χ0n) is 4.30. The monoisotopic (exact) mass is 114 g/mol. The molecule has 0 N–H and O–H groups in total. The van der Waals surface area contributed by atoms with E-state index in [0.29, 0.717) is 0 Å². The van der Waals surface area contributed by atoms with Crippen LogP contribution in [-0.2, 0) is 0 Å². The smallest absolute Gasteiger partial charge is 0.114 e. The molecule has 0 saturated carbocycles. The van der Waals surface area contributed by atoms with Crippen molar-refractivity contribution in [3.8, 4) is 0 Å². The van der Waals surface area contributed by atoms with Crippen LogP contribution in [0.4, 0.5) is 0 Å². The van der Waals surface area contributed by atoms with E-state index in [1.54, 1.807) is 11.3 Å².